The summed E-state index contributed by atoms with van der Waals surface area (Å²) in [6, 6.07) is 0. The summed E-state index contributed by atoms with van der Waals surface area (Å²) < 4.78 is 0. The smallest absolute Gasteiger partial charge is 0.331 e. The van der Waals surface area contributed by atoms with Gasteiger partial charge in [0.05, 0.1) is 5.71 Å². The number of allylic oxidation sites excluding steroid dienone is 5. The van der Waals surface area contributed by atoms with Gasteiger partial charge in [-0.2, -0.15) is 10.2 Å². The van der Waals surface area contributed by atoms with Crippen LogP contribution in [0.15, 0.2) is 45.7 Å². The van der Waals surface area contributed by atoms with Crippen LogP contribution in [0.25, 0.3) is 0 Å². The first-order chi connectivity index (χ1) is 6.77. The number of carbonyl (C=O) groups is 1. The van der Waals surface area contributed by atoms with Crippen LogP contribution in [0.3, 0.4) is 0 Å². The summed E-state index contributed by atoms with van der Waals surface area (Å²) >= 11 is 0. The first-order valence-corrected chi connectivity index (χ1v) is 4.18. The van der Waals surface area contributed by atoms with Crippen molar-refractivity contribution in [2.24, 2.45) is 10.2 Å². The lowest BCUT2D eigenvalue weighted by Crippen LogP contribution is -2.12. The van der Waals surface area contributed by atoms with E-state index in [1.165, 1.54) is 0 Å². The fraction of sp³-hybridized carbons (Fsp3) is 0.100. The number of carboxylic acid groups (broad SMARTS) is 1. The Morgan fingerprint density at radius 2 is 2.29 bits per heavy atom. The van der Waals surface area contributed by atoms with Gasteiger partial charge in [-0.15, -0.1) is 0 Å². The minimum atomic E-state index is -0.903. The number of aliphatic carboxylic acids is 1. The Kier molecular flexibility index (Phi) is 2.10. The highest BCUT2D eigenvalue weighted by Gasteiger charge is 2.17. The molecule has 0 saturated carbocycles. The molecule has 4 nitrogen and oxygen atoms in total. The predicted molar refractivity (Wildman–Crippen MR) is 53.5 cm³/mol. The van der Waals surface area contributed by atoms with Crippen molar-refractivity contribution in [1.29, 1.82) is 0 Å². The molecule has 0 atom stereocenters. The molecule has 4 heteroatoms. The molecule has 0 saturated heterocycles. The van der Waals surface area contributed by atoms with Crippen molar-refractivity contribution in [1.82, 2.24) is 0 Å². The van der Waals surface area contributed by atoms with Crippen molar-refractivity contribution in [3.8, 4) is 0 Å². The summed E-state index contributed by atoms with van der Waals surface area (Å²) in [7, 11) is 0. The SMILES string of the molecule is O=C(O)C1=CC=C2C=CC=NN=C2C1. The topological polar surface area (TPSA) is 62.0 Å². The second-order valence-electron chi connectivity index (χ2n) is 2.97. The third-order valence-electron chi connectivity index (χ3n) is 2.04. The van der Waals surface area contributed by atoms with Crippen LogP contribution in [0.1, 0.15) is 6.42 Å². The van der Waals surface area contributed by atoms with E-state index in [2.05, 4.69) is 10.2 Å². The van der Waals surface area contributed by atoms with E-state index >= 15 is 0 Å². The number of carboxylic acids is 1. The molecule has 0 aromatic rings. The van der Waals surface area contributed by atoms with E-state index in [1.54, 1.807) is 24.4 Å². The molecule has 1 heterocycles. The third kappa shape index (κ3) is 1.54. The van der Waals surface area contributed by atoms with Gasteiger partial charge >= 0.3 is 5.97 Å². The first-order valence-electron chi connectivity index (χ1n) is 4.18. The lowest BCUT2D eigenvalue weighted by atomic mass is 9.96. The average Bonchev–Trinajstić information content (AvgIpc) is 2.41. The number of hydrogen-bond donors (Lipinski definition) is 1. The molecule has 1 N–H and O–H groups in total. The molecule has 0 aromatic carbocycles. The molecule has 0 radical (unpaired) electrons. The number of nitrogens with zero attached hydrogens (tertiary/aromatic N) is 2. The summed E-state index contributed by atoms with van der Waals surface area (Å²) in [6.07, 6.45) is 8.91. The van der Waals surface area contributed by atoms with Gasteiger partial charge in [0.2, 0.25) is 0 Å². The lowest BCUT2D eigenvalue weighted by molar-refractivity contribution is -0.132. The Hall–Kier alpha value is -1.97. The molecular weight excluding hydrogens is 180 g/mol. The maximum Gasteiger partial charge on any atom is 0.331 e. The quantitative estimate of drug-likeness (QED) is 0.674. The van der Waals surface area contributed by atoms with E-state index in [4.69, 9.17) is 5.11 Å². The molecule has 14 heavy (non-hydrogen) atoms. The van der Waals surface area contributed by atoms with Crippen LogP contribution in [0.5, 0.6) is 0 Å². The van der Waals surface area contributed by atoms with Crippen molar-refractivity contribution in [2.75, 3.05) is 0 Å². The van der Waals surface area contributed by atoms with Crippen molar-refractivity contribution >= 4 is 17.9 Å². The summed E-state index contributed by atoms with van der Waals surface area (Å²) in [5.41, 5.74) is 1.97. The highest BCUT2D eigenvalue weighted by molar-refractivity contribution is 6.10. The molecule has 70 valence electrons. The van der Waals surface area contributed by atoms with Gasteiger partial charge in [0, 0.05) is 18.2 Å². The minimum absolute atomic E-state index is 0.336. The third-order valence-corrected chi connectivity index (χ3v) is 2.04. The van der Waals surface area contributed by atoms with Gasteiger partial charge in [-0.3, -0.25) is 0 Å². The fourth-order valence-corrected chi connectivity index (χ4v) is 1.31. The van der Waals surface area contributed by atoms with E-state index in [1.807, 2.05) is 6.08 Å². The highest BCUT2D eigenvalue weighted by atomic mass is 16.4. The summed E-state index contributed by atoms with van der Waals surface area (Å²) in [4.78, 5) is 10.7. The van der Waals surface area contributed by atoms with E-state index in [9.17, 15) is 4.79 Å². The van der Waals surface area contributed by atoms with Crippen LogP contribution in [-0.4, -0.2) is 23.0 Å². The molecule has 1 aliphatic heterocycles. The molecule has 1 aliphatic carbocycles. The first kappa shape index (κ1) is 8.62. The zero-order valence-electron chi connectivity index (χ0n) is 7.34. The zero-order valence-corrected chi connectivity index (χ0v) is 7.34. The average molecular weight is 188 g/mol. The van der Waals surface area contributed by atoms with Crippen molar-refractivity contribution in [2.45, 2.75) is 6.42 Å². The van der Waals surface area contributed by atoms with Gasteiger partial charge in [0.15, 0.2) is 0 Å². The van der Waals surface area contributed by atoms with Gasteiger partial charge in [-0.25, -0.2) is 4.79 Å². The monoisotopic (exact) mass is 188 g/mol. The van der Waals surface area contributed by atoms with E-state index in [0.29, 0.717) is 17.7 Å². The predicted octanol–water partition coefficient (Wildman–Crippen LogP) is 1.32. The molecule has 2 rings (SSSR count). The fourth-order valence-electron chi connectivity index (χ4n) is 1.31. The molecule has 0 amide bonds. The largest absolute Gasteiger partial charge is 0.478 e. The molecule has 0 spiro atoms. The Morgan fingerprint density at radius 3 is 3.07 bits per heavy atom. The molecule has 2 aliphatic rings. The minimum Gasteiger partial charge on any atom is -0.478 e. The van der Waals surface area contributed by atoms with Crippen LogP contribution < -0.4 is 0 Å². The molecule has 0 fully saturated rings. The van der Waals surface area contributed by atoms with Crippen LogP contribution >= 0.6 is 0 Å². The van der Waals surface area contributed by atoms with Gasteiger partial charge in [-0.1, -0.05) is 18.2 Å². The second kappa shape index (κ2) is 3.41. The maximum atomic E-state index is 10.7. The number of hydrogen-bond acceptors (Lipinski definition) is 3. The second-order valence-corrected chi connectivity index (χ2v) is 2.97. The maximum absolute atomic E-state index is 10.7. The van der Waals surface area contributed by atoms with Crippen molar-refractivity contribution in [3.63, 3.8) is 0 Å². The van der Waals surface area contributed by atoms with Gasteiger partial charge in [-0.05, 0) is 11.6 Å². The van der Waals surface area contributed by atoms with Gasteiger partial charge < -0.3 is 5.11 Å². The Labute approximate surface area is 80.7 Å². The highest BCUT2D eigenvalue weighted by Crippen LogP contribution is 2.18. The lowest BCUT2D eigenvalue weighted by Gasteiger charge is -2.10. The van der Waals surface area contributed by atoms with E-state index in [0.717, 1.165) is 5.57 Å². The number of rotatable bonds is 1. The van der Waals surface area contributed by atoms with Crippen molar-refractivity contribution < 1.29 is 9.90 Å². The van der Waals surface area contributed by atoms with Crippen LogP contribution in [-0.2, 0) is 4.79 Å². The van der Waals surface area contributed by atoms with Crippen LogP contribution in [0, 0.1) is 0 Å². The Bertz CT molecular complexity index is 425. The summed E-state index contributed by atoms with van der Waals surface area (Å²) in [6.45, 7) is 0. The normalized spacial score (nSPS) is 19.0. The molecular formula is C10H8N2O2. The molecule has 0 unspecified atom stereocenters. The van der Waals surface area contributed by atoms with Gasteiger partial charge in [0.1, 0.15) is 0 Å². The van der Waals surface area contributed by atoms with Crippen LogP contribution in [0.2, 0.25) is 0 Å². The van der Waals surface area contributed by atoms with E-state index in [-0.39, 0.29) is 0 Å². The standard InChI is InChI=1S/C10H8N2O2/c13-10(14)8-4-3-7-2-1-5-11-12-9(7)6-8/h1-5H,6H2,(H,13,14). The molecule has 0 aromatic heterocycles. The number of fused-ring (bicyclic) bond motifs is 1. The summed E-state index contributed by atoms with van der Waals surface area (Å²) in [5, 5.41) is 16.5. The van der Waals surface area contributed by atoms with E-state index < -0.39 is 5.97 Å². The Balaban J connectivity index is 2.38. The van der Waals surface area contributed by atoms with Crippen LogP contribution in [0.4, 0.5) is 0 Å². The summed E-state index contributed by atoms with van der Waals surface area (Å²) in [5.74, 6) is -0.903. The Morgan fingerprint density at radius 1 is 1.43 bits per heavy atom. The molecule has 0 bridgehead atoms. The zero-order chi connectivity index (χ0) is 9.97. The van der Waals surface area contributed by atoms with Gasteiger partial charge in [0.25, 0.3) is 0 Å². The van der Waals surface area contributed by atoms with Crippen molar-refractivity contribution in [3.05, 3.63) is 35.5 Å².